The van der Waals surface area contributed by atoms with Gasteiger partial charge in [0.15, 0.2) is 0 Å². The number of carbonyl (C=O) groups excluding carboxylic acids is 1. The molecule has 1 fully saturated rings. The third kappa shape index (κ3) is 2.51. The van der Waals surface area contributed by atoms with E-state index in [9.17, 15) is 14.9 Å². The summed E-state index contributed by atoms with van der Waals surface area (Å²) >= 11 is 0. The monoisotopic (exact) mass is 252 g/mol. The lowest BCUT2D eigenvalue weighted by atomic mass is 10.3. The minimum atomic E-state index is -0.484. The van der Waals surface area contributed by atoms with Gasteiger partial charge in [-0.3, -0.25) is 14.9 Å². The lowest BCUT2D eigenvalue weighted by Crippen LogP contribution is -2.38. The molecule has 0 spiro atoms. The molecule has 1 amide bonds. The molecule has 1 aliphatic rings. The number of aromatic nitrogens is 1. The summed E-state index contributed by atoms with van der Waals surface area (Å²) in [6.07, 6.45) is 3.34. The van der Waals surface area contributed by atoms with Gasteiger partial charge in [-0.1, -0.05) is 0 Å². The van der Waals surface area contributed by atoms with Crippen LogP contribution in [0.15, 0.2) is 12.3 Å². The Morgan fingerprint density at radius 2 is 2.39 bits per heavy atom. The van der Waals surface area contributed by atoms with Crippen LogP contribution in [-0.2, 0) is 0 Å². The lowest BCUT2D eigenvalue weighted by molar-refractivity contribution is -0.384. The van der Waals surface area contributed by atoms with E-state index >= 15 is 0 Å². The second-order valence-corrected chi connectivity index (χ2v) is 4.59. The Labute approximate surface area is 104 Å². The normalized spacial score (nSPS) is 16.3. The van der Waals surface area contributed by atoms with Crippen molar-refractivity contribution in [2.75, 3.05) is 6.54 Å². The molecule has 3 N–H and O–H groups in total. The number of amides is 1. The van der Waals surface area contributed by atoms with E-state index in [4.69, 9.17) is 5.73 Å². The van der Waals surface area contributed by atoms with Crippen LogP contribution in [0.4, 0.5) is 5.69 Å². The van der Waals surface area contributed by atoms with E-state index < -0.39 is 4.92 Å². The number of nitrogens with zero attached hydrogens (tertiary/aromatic N) is 2. The van der Waals surface area contributed by atoms with Crippen LogP contribution in [-0.4, -0.2) is 28.0 Å². The number of hydrogen-bond acceptors (Lipinski definition) is 4. The molecule has 0 aromatic carbocycles. The van der Waals surface area contributed by atoms with Crippen molar-refractivity contribution in [1.82, 2.24) is 9.88 Å². The Kier molecular flexibility index (Phi) is 3.33. The molecule has 1 saturated carbocycles. The van der Waals surface area contributed by atoms with Crippen LogP contribution in [0, 0.1) is 10.1 Å². The fourth-order valence-corrected chi connectivity index (χ4v) is 1.76. The quantitative estimate of drug-likeness (QED) is 0.597. The number of rotatable bonds is 5. The van der Waals surface area contributed by atoms with E-state index in [0.717, 1.165) is 12.8 Å². The Balaban J connectivity index is 2.24. The van der Waals surface area contributed by atoms with E-state index in [1.54, 1.807) is 11.5 Å². The summed E-state index contributed by atoms with van der Waals surface area (Å²) in [6.45, 7) is 2.12. The van der Waals surface area contributed by atoms with Gasteiger partial charge in [-0.25, -0.2) is 0 Å². The molecule has 0 unspecified atom stereocenters. The summed E-state index contributed by atoms with van der Waals surface area (Å²) in [4.78, 5) is 22.3. The van der Waals surface area contributed by atoms with Crippen LogP contribution in [0.2, 0.25) is 0 Å². The Morgan fingerprint density at radius 1 is 1.72 bits per heavy atom. The zero-order valence-corrected chi connectivity index (χ0v) is 10.1. The van der Waals surface area contributed by atoms with Crippen LogP contribution in [0.3, 0.4) is 0 Å². The molecule has 1 aromatic rings. The highest BCUT2D eigenvalue weighted by atomic mass is 16.6. The van der Waals surface area contributed by atoms with E-state index in [2.05, 4.69) is 5.32 Å². The van der Waals surface area contributed by atoms with Crippen molar-refractivity contribution in [2.24, 2.45) is 5.73 Å². The van der Waals surface area contributed by atoms with Gasteiger partial charge in [0.25, 0.3) is 11.6 Å². The van der Waals surface area contributed by atoms with Gasteiger partial charge in [0.05, 0.1) is 11.1 Å². The number of nitro groups is 1. The fraction of sp³-hybridized carbons (Fsp3) is 0.545. The lowest BCUT2D eigenvalue weighted by Gasteiger charge is -2.12. The van der Waals surface area contributed by atoms with Crippen molar-refractivity contribution in [3.05, 3.63) is 28.1 Å². The molecule has 7 heteroatoms. The average Bonchev–Trinajstić information content (AvgIpc) is 3.07. The fourth-order valence-electron chi connectivity index (χ4n) is 1.76. The maximum Gasteiger partial charge on any atom is 0.287 e. The molecule has 0 saturated heterocycles. The number of carbonyl (C=O) groups is 1. The van der Waals surface area contributed by atoms with Crippen LogP contribution in [0.25, 0.3) is 0 Å². The van der Waals surface area contributed by atoms with Gasteiger partial charge in [0, 0.05) is 24.7 Å². The maximum atomic E-state index is 12.0. The smallest absolute Gasteiger partial charge is 0.287 e. The average molecular weight is 252 g/mol. The molecule has 1 atom stereocenters. The molecule has 1 aromatic heterocycles. The van der Waals surface area contributed by atoms with Crippen LogP contribution in [0.1, 0.15) is 36.3 Å². The van der Waals surface area contributed by atoms with Crippen molar-refractivity contribution < 1.29 is 9.72 Å². The number of nitrogens with two attached hydrogens (primary N) is 1. The third-order valence-corrected chi connectivity index (χ3v) is 2.95. The molecule has 1 aliphatic carbocycles. The summed E-state index contributed by atoms with van der Waals surface area (Å²) in [6, 6.07) is 1.38. The van der Waals surface area contributed by atoms with Crippen LogP contribution in [0.5, 0.6) is 0 Å². The highest BCUT2D eigenvalue weighted by molar-refractivity contribution is 5.93. The van der Waals surface area contributed by atoms with Crippen LogP contribution >= 0.6 is 0 Å². The highest BCUT2D eigenvalue weighted by Gasteiger charge is 2.30. The number of hydrogen-bond donors (Lipinski definition) is 2. The Bertz CT molecular complexity index is 479. The predicted octanol–water partition coefficient (Wildman–Crippen LogP) is 0.808. The van der Waals surface area contributed by atoms with Crippen molar-refractivity contribution >= 4 is 11.6 Å². The van der Waals surface area contributed by atoms with Gasteiger partial charge in [-0.15, -0.1) is 0 Å². The SMILES string of the molecule is C[C@H](CN)NC(=O)c1cc([N+](=O)[O-])cn1C1CC1. The molecule has 1 heterocycles. The van der Waals surface area contributed by atoms with Crippen molar-refractivity contribution in [3.63, 3.8) is 0 Å². The topological polar surface area (TPSA) is 103 Å². The molecule has 98 valence electrons. The van der Waals surface area contributed by atoms with Crippen molar-refractivity contribution in [3.8, 4) is 0 Å². The van der Waals surface area contributed by atoms with E-state index in [1.165, 1.54) is 12.3 Å². The van der Waals surface area contributed by atoms with Gasteiger partial charge >= 0.3 is 0 Å². The van der Waals surface area contributed by atoms with Gasteiger partial charge in [-0.05, 0) is 19.8 Å². The van der Waals surface area contributed by atoms with Gasteiger partial charge < -0.3 is 15.6 Å². The zero-order chi connectivity index (χ0) is 13.3. The Morgan fingerprint density at radius 3 is 2.89 bits per heavy atom. The van der Waals surface area contributed by atoms with E-state index in [0.29, 0.717) is 12.2 Å². The highest BCUT2D eigenvalue weighted by Crippen LogP contribution is 2.37. The van der Waals surface area contributed by atoms with Gasteiger partial charge in [0.2, 0.25) is 0 Å². The molecule has 0 radical (unpaired) electrons. The van der Waals surface area contributed by atoms with Gasteiger partial charge in [0.1, 0.15) is 5.69 Å². The first-order valence-corrected chi connectivity index (χ1v) is 5.90. The van der Waals surface area contributed by atoms with E-state index in [-0.39, 0.29) is 23.7 Å². The summed E-state index contributed by atoms with van der Waals surface area (Å²) in [7, 11) is 0. The minimum absolute atomic E-state index is 0.0487. The second kappa shape index (κ2) is 4.77. The minimum Gasteiger partial charge on any atom is -0.347 e. The first-order valence-electron chi connectivity index (χ1n) is 5.90. The first kappa shape index (κ1) is 12.6. The molecule has 0 aliphatic heterocycles. The van der Waals surface area contributed by atoms with Crippen LogP contribution < -0.4 is 11.1 Å². The first-order chi connectivity index (χ1) is 8.52. The van der Waals surface area contributed by atoms with Gasteiger partial charge in [-0.2, -0.15) is 0 Å². The van der Waals surface area contributed by atoms with Crippen molar-refractivity contribution in [2.45, 2.75) is 31.8 Å². The molecular weight excluding hydrogens is 236 g/mol. The second-order valence-electron chi connectivity index (χ2n) is 4.59. The molecule has 18 heavy (non-hydrogen) atoms. The Hall–Kier alpha value is -1.89. The summed E-state index contributed by atoms with van der Waals surface area (Å²) in [5, 5.41) is 13.5. The summed E-state index contributed by atoms with van der Waals surface area (Å²) in [5.41, 5.74) is 5.72. The largest absolute Gasteiger partial charge is 0.347 e. The standard InChI is InChI=1S/C11H16N4O3/c1-7(5-12)13-11(16)10-4-9(15(17)18)6-14(10)8-2-3-8/h4,6-8H,2-3,5,12H2,1H3,(H,13,16)/t7-/m1/s1. The number of nitrogens with one attached hydrogen (secondary N) is 1. The molecule has 2 rings (SSSR count). The maximum absolute atomic E-state index is 12.0. The summed E-state index contributed by atoms with van der Waals surface area (Å²) < 4.78 is 1.69. The molecule has 0 bridgehead atoms. The predicted molar refractivity (Wildman–Crippen MR) is 65.3 cm³/mol. The molecular formula is C11H16N4O3. The van der Waals surface area contributed by atoms with E-state index in [1.807, 2.05) is 0 Å². The third-order valence-electron chi connectivity index (χ3n) is 2.95. The van der Waals surface area contributed by atoms with Crippen molar-refractivity contribution in [1.29, 1.82) is 0 Å². The zero-order valence-electron chi connectivity index (χ0n) is 10.1. The summed E-state index contributed by atoms with van der Waals surface area (Å²) in [5.74, 6) is -0.312. The molecule has 7 nitrogen and oxygen atoms in total.